The van der Waals surface area contributed by atoms with Crippen LogP contribution in [0.15, 0.2) is 16.9 Å². The zero-order valence-corrected chi connectivity index (χ0v) is 15.7. The van der Waals surface area contributed by atoms with Gasteiger partial charge in [0.2, 0.25) is 0 Å². The molecule has 0 radical (unpaired) electrons. The van der Waals surface area contributed by atoms with Crippen LogP contribution in [-0.4, -0.2) is 49.6 Å². The zero-order valence-electron chi connectivity index (χ0n) is 13.3. The van der Waals surface area contributed by atoms with Crippen molar-refractivity contribution in [2.45, 2.75) is 38.7 Å². The number of piperidine rings is 1. The number of ether oxygens (including phenoxy) is 1. The van der Waals surface area contributed by atoms with Gasteiger partial charge in [0.25, 0.3) is 5.91 Å². The minimum Gasteiger partial charge on any atom is -0.458 e. The molecule has 0 aromatic carbocycles. The topological polar surface area (TPSA) is 81.1 Å². The first kappa shape index (κ1) is 17.2. The number of nitrogens with zero attached hydrogens (tertiary/aromatic N) is 5. The molecule has 0 bridgehead atoms. The highest BCUT2D eigenvalue weighted by Crippen LogP contribution is 2.21. The highest BCUT2D eigenvalue weighted by molar-refractivity contribution is 9.10. The molecular weight excluding hydrogens is 394 g/mol. The summed E-state index contributed by atoms with van der Waals surface area (Å²) < 4.78 is 10.6. The molecule has 0 N–H and O–H groups in total. The largest absolute Gasteiger partial charge is 0.458 e. The van der Waals surface area contributed by atoms with Gasteiger partial charge in [0.15, 0.2) is 0 Å². The first-order valence-corrected chi connectivity index (χ1v) is 9.48. The number of aromatic nitrogens is 4. The molecular formula is C15H18BrN5O2S. The van der Waals surface area contributed by atoms with E-state index in [0.717, 1.165) is 42.4 Å². The average molecular weight is 412 g/mol. The van der Waals surface area contributed by atoms with Gasteiger partial charge in [0, 0.05) is 18.9 Å². The van der Waals surface area contributed by atoms with Gasteiger partial charge in [0.1, 0.15) is 11.0 Å². The molecule has 7 nitrogen and oxygen atoms in total. The van der Waals surface area contributed by atoms with E-state index in [2.05, 4.69) is 42.4 Å². The molecule has 0 aliphatic carbocycles. The van der Waals surface area contributed by atoms with Crippen LogP contribution in [0.5, 0.6) is 6.01 Å². The summed E-state index contributed by atoms with van der Waals surface area (Å²) in [6.07, 6.45) is 6.69. The van der Waals surface area contributed by atoms with Crippen LogP contribution in [0, 0.1) is 0 Å². The molecule has 1 amide bonds. The van der Waals surface area contributed by atoms with Crippen molar-refractivity contribution >= 4 is 33.4 Å². The van der Waals surface area contributed by atoms with Crippen LogP contribution >= 0.6 is 27.5 Å². The monoisotopic (exact) mass is 411 g/mol. The van der Waals surface area contributed by atoms with Crippen molar-refractivity contribution in [3.63, 3.8) is 0 Å². The summed E-state index contributed by atoms with van der Waals surface area (Å²) in [6, 6.07) is 0.337. The lowest BCUT2D eigenvalue weighted by Gasteiger charge is -2.32. The third kappa shape index (κ3) is 4.07. The van der Waals surface area contributed by atoms with Crippen molar-refractivity contribution in [3.05, 3.63) is 27.4 Å². The molecule has 2 aromatic rings. The highest BCUT2D eigenvalue weighted by Gasteiger charge is 2.28. The molecule has 3 rings (SSSR count). The van der Waals surface area contributed by atoms with Crippen molar-refractivity contribution in [3.8, 4) is 6.01 Å². The SMILES string of the molecule is CCCc1nnsc1C(=O)N1CCCC(Oc2ncc(Br)cn2)C1. The second-order valence-corrected chi connectivity index (χ2v) is 7.29. The molecule has 1 aliphatic heterocycles. The van der Waals surface area contributed by atoms with Crippen molar-refractivity contribution in [1.82, 2.24) is 24.5 Å². The predicted molar refractivity (Wildman–Crippen MR) is 93.2 cm³/mol. The molecule has 1 fully saturated rings. The van der Waals surface area contributed by atoms with E-state index in [1.54, 1.807) is 12.4 Å². The molecule has 9 heteroatoms. The number of amides is 1. The van der Waals surface area contributed by atoms with Crippen molar-refractivity contribution in [2.75, 3.05) is 13.1 Å². The van der Waals surface area contributed by atoms with Gasteiger partial charge in [-0.3, -0.25) is 4.79 Å². The van der Waals surface area contributed by atoms with Gasteiger partial charge < -0.3 is 9.64 Å². The van der Waals surface area contributed by atoms with Crippen molar-refractivity contribution in [1.29, 1.82) is 0 Å². The van der Waals surface area contributed by atoms with Crippen LogP contribution in [-0.2, 0) is 6.42 Å². The van der Waals surface area contributed by atoms with Crippen LogP contribution in [0.3, 0.4) is 0 Å². The summed E-state index contributed by atoms with van der Waals surface area (Å²) in [5.74, 6) is -0.00141. The van der Waals surface area contributed by atoms with Gasteiger partial charge in [-0.05, 0) is 46.7 Å². The fourth-order valence-corrected chi connectivity index (χ4v) is 3.53. The first-order valence-electron chi connectivity index (χ1n) is 7.92. The van der Waals surface area contributed by atoms with E-state index in [9.17, 15) is 4.79 Å². The lowest BCUT2D eigenvalue weighted by atomic mass is 10.1. The average Bonchev–Trinajstić information content (AvgIpc) is 3.05. The summed E-state index contributed by atoms with van der Waals surface area (Å²) in [6.45, 7) is 3.32. The highest BCUT2D eigenvalue weighted by atomic mass is 79.9. The third-order valence-corrected chi connectivity index (χ3v) is 4.94. The number of likely N-dealkylation sites (tertiary alicyclic amines) is 1. The molecule has 1 aliphatic rings. The first-order chi connectivity index (χ1) is 11.7. The van der Waals surface area contributed by atoms with Crippen LogP contribution in [0.2, 0.25) is 0 Å². The Kier molecular flexibility index (Phi) is 5.72. The van der Waals surface area contributed by atoms with Crippen LogP contribution in [0.1, 0.15) is 41.6 Å². The number of carbonyl (C=O) groups excluding carboxylic acids is 1. The van der Waals surface area contributed by atoms with Gasteiger partial charge in [-0.1, -0.05) is 17.8 Å². The van der Waals surface area contributed by atoms with E-state index in [-0.39, 0.29) is 12.0 Å². The van der Waals surface area contributed by atoms with E-state index in [1.807, 2.05) is 4.90 Å². The number of carbonyl (C=O) groups is 1. The quantitative estimate of drug-likeness (QED) is 0.751. The minimum atomic E-state index is -0.0978. The predicted octanol–water partition coefficient (Wildman–Crippen LogP) is 2.73. The number of aryl methyl sites for hydroxylation is 1. The lowest BCUT2D eigenvalue weighted by Crippen LogP contribution is -2.44. The fraction of sp³-hybridized carbons (Fsp3) is 0.533. The van der Waals surface area contributed by atoms with Gasteiger partial charge in [0.05, 0.1) is 16.7 Å². The summed E-state index contributed by atoms with van der Waals surface area (Å²) in [7, 11) is 0. The standard InChI is InChI=1S/C15H18BrN5O2S/c1-2-4-12-13(24-20-19-12)14(22)21-6-3-5-11(9-21)23-15-17-7-10(16)8-18-15/h7-8,11H,2-6,9H2,1H3. The van der Waals surface area contributed by atoms with Gasteiger partial charge in [-0.2, -0.15) is 0 Å². The Bertz CT molecular complexity index is 693. The maximum Gasteiger partial charge on any atom is 0.316 e. The number of hydrogen-bond donors (Lipinski definition) is 0. The van der Waals surface area contributed by atoms with Crippen LogP contribution in [0.4, 0.5) is 0 Å². The molecule has 1 atom stereocenters. The fourth-order valence-electron chi connectivity index (χ4n) is 2.64. The summed E-state index contributed by atoms with van der Waals surface area (Å²) >= 11 is 4.47. The molecule has 1 saturated heterocycles. The smallest absolute Gasteiger partial charge is 0.316 e. The Morgan fingerprint density at radius 1 is 1.46 bits per heavy atom. The van der Waals surface area contributed by atoms with E-state index in [1.165, 1.54) is 11.5 Å². The minimum absolute atomic E-state index is 0.00141. The Hall–Kier alpha value is -1.61. The van der Waals surface area contributed by atoms with E-state index in [0.29, 0.717) is 17.4 Å². The van der Waals surface area contributed by atoms with Gasteiger partial charge >= 0.3 is 6.01 Å². The third-order valence-electron chi connectivity index (χ3n) is 3.77. The zero-order chi connectivity index (χ0) is 16.9. The Morgan fingerprint density at radius 2 is 2.25 bits per heavy atom. The Morgan fingerprint density at radius 3 is 3.00 bits per heavy atom. The van der Waals surface area contributed by atoms with Crippen LogP contribution in [0.25, 0.3) is 0 Å². The maximum atomic E-state index is 12.8. The van der Waals surface area contributed by atoms with E-state index in [4.69, 9.17) is 4.74 Å². The second kappa shape index (κ2) is 7.98. The Balaban J connectivity index is 1.65. The van der Waals surface area contributed by atoms with Crippen LogP contribution < -0.4 is 4.74 Å². The van der Waals surface area contributed by atoms with Crippen molar-refractivity contribution in [2.24, 2.45) is 0 Å². The molecule has 128 valence electrons. The van der Waals surface area contributed by atoms with Crippen molar-refractivity contribution < 1.29 is 9.53 Å². The lowest BCUT2D eigenvalue weighted by molar-refractivity contribution is 0.0518. The molecule has 0 spiro atoms. The molecule has 2 aromatic heterocycles. The normalized spacial score (nSPS) is 17.8. The Labute approximate surface area is 152 Å². The summed E-state index contributed by atoms with van der Waals surface area (Å²) in [4.78, 5) is 23.5. The van der Waals surface area contributed by atoms with E-state index < -0.39 is 0 Å². The molecule has 3 heterocycles. The van der Waals surface area contributed by atoms with Gasteiger partial charge in [-0.25, -0.2) is 9.97 Å². The maximum absolute atomic E-state index is 12.8. The summed E-state index contributed by atoms with van der Waals surface area (Å²) in [5.41, 5.74) is 0.798. The van der Waals surface area contributed by atoms with Gasteiger partial charge in [-0.15, -0.1) is 5.10 Å². The number of rotatable bonds is 5. The molecule has 1 unspecified atom stereocenters. The second-order valence-electron chi connectivity index (χ2n) is 5.62. The summed E-state index contributed by atoms with van der Waals surface area (Å²) in [5, 5.41) is 4.08. The molecule has 0 saturated carbocycles. The van der Waals surface area contributed by atoms with E-state index >= 15 is 0 Å². The number of halogens is 1. The molecule has 24 heavy (non-hydrogen) atoms. The number of hydrogen-bond acceptors (Lipinski definition) is 7.